The Morgan fingerprint density at radius 2 is 1.42 bits per heavy atom. The lowest BCUT2D eigenvalue weighted by Crippen LogP contribution is -2.19. The van der Waals surface area contributed by atoms with Crippen LogP contribution in [-0.2, 0) is 0 Å². The molecule has 0 saturated carbocycles. The first-order valence-electron chi connectivity index (χ1n) is 3.98. The highest BCUT2D eigenvalue weighted by molar-refractivity contribution is 7.79. The molecule has 1 aromatic rings. The van der Waals surface area contributed by atoms with E-state index in [0.29, 0.717) is 0 Å². The van der Waals surface area contributed by atoms with Gasteiger partial charge < -0.3 is 10.6 Å². The number of anilines is 2. The molecule has 0 saturated heterocycles. The molecule has 12 heavy (non-hydrogen) atoms. The van der Waals surface area contributed by atoms with Crippen molar-refractivity contribution < 1.29 is 0 Å². The van der Waals surface area contributed by atoms with Crippen LogP contribution in [0.4, 0.5) is 11.4 Å². The first kappa shape index (κ1) is 9.26. The van der Waals surface area contributed by atoms with Gasteiger partial charge in [0.25, 0.3) is 0 Å². The van der Waals surface area contributed by atoms with Crippen LogP contribution in [0.5, 0.6) is 0 Å². The van der Waals surface area contributed by atoms with Crippen molar-refractivity contribution in [3.63, 3.8) is 0 Å². The molecule has 0 amide bonds. The van der Waals surface area contributed by atoms with E-state index in [1.165, 1.54) is 11.4 Å². The quantitative estimate of drug-likeness (QED) is 0.535. The number of benzene rings is 1. The van der Waals surface area contributed by atoms with Gasteiger partial charge in [-0.3, -0.25) is 0 Å². The molecule has 66 valence electrons. The van der Waals surface area contributed by atoms with E-state index < -0.39 is 0 Å². The highest BCUT2D eigenvalue weighted by atomic mass is 32.1. The molecule has 2 rings (SSSR count). The Morgan fingerprint density at radius 3 is 1.83 bits per heavy atom. The topological polar surface area (TPSA) is 24.1 Å². The molecule has 2 nitrogen and oxygen atoms in total. The van der Waals surface area contributed by atoms with E-state index >= 15 is 0 Å². The fraction of sp³-hybridized carbons (Fsp3) is 0.333. The van der Waals surface area contributed by atoms with Crippen LogP contribution in [0.15, 0.2) is 24.3 Å². The van der Waals surface area contributed by atoms with E-state index in [2.05, 4.69) is 35.4 Å². The van der Waals surface area contributed by atoms with Gasteiger partial charge in [-0.05, 0) is 18.4 Å². The Kier molecular flexibility index (Phi) is 3.80. The summed E-state index contributed by atoms with van der Waals surface area (Å²) in [6.07, 6.45) is 1.69. The van der Waals surface area contributed by atoms with Gasteiger partial charge in [-0.2, -0.15) is 12.6 Å². The van der Waals surface area contributed by atoms with E-state index in [9.17, 15) is 0 Å². The highest BCUT2D eigenvalue weighted by Crippen LogP contribution is 2.22. The normalized spacial score (nSPS) is 12.8. The average Bonchev–Trinajstić information content (AvgIpc) is 2.21. The Hall–Kier alpha value is -0.830. The van der Waals surface area contributed by atoms with Gasteiger partial charge in [0.1, 0.15) is 0 Å². The summed E-state index contributed by atoms with van der Waals surface area (Å²) in [5, 5.41) is 6.60. The molecule has 0 spiro atoms. The van der Waals surface area contributed by atoms with Crippen LogP contribution in [0.25, 0.3) is 0 Å². The molecule has 1 aliphatic heterocycles. The van der Waals surface area contributed by atoms with Crippen molar-refractivity contribution in [2.45, 2.75) is 0 Å². The van der Waals surface area contributed by atoms with Crippen molar-refractivity contribution in [2.24, 2.45) is 0 Å². The lowest BCUT2D eigenvalue weighted by atomic mass is 10.2. The maximum Gasteiger partial charge on any atom is 0.0576 e. The summed E-state index contributed by atoms with van der Waals surface area (Å²) in [5.74, 6) is 0. The standard InChI is InChI=1S/C8H10N2.CH4S/c1-2-4-8-7(3-1)9-5-6-10-8;1-2/h1-4,9-10H,5-6H2;2H,1H3. The predicted molar refractivity (Wildman–Crippen MR) is 58.3 cm³/mol. The van der Waals surface area contributed by atoms with E-state index in [1.54, 1.807) is 6.26 Å². The van der Waals surface area contributed by atoms with Crippen molar-refractivity contribution in [1.82, 2.24) is 0 Å². The van der Waals surface area contributed by atoms with Crippen molar-refractivity contribution in [1.29, 1.82) is 0 Å². The summed E-state index contributed by atoms with van der Waals surface area (Å²) in [5.41, 5.74) is 2.43. The predicted octanol–water partition coefficient (Wildman–Crippen LogP) is 2.07. The second-order valence-electron chi connectivity index (χ2n) is 2.40. The smallest absolute Gasteiger partial charge is 0.0576 e. The van der Waals surface area contributed by atoms with Gasteiger partial charge in [0.15, 0.2) is 0 Å². The van der Waals surface area contributed by atoms with Crippen molar-refractivity contribution >= 4 is 24.0 Å². The van der Waals surface area contributed by atoms with Gasteiger partial charge >= 0.3 is 0 Å². The van der Waals surface area contributed by atoms with Gasteiger partial charge in [0, 0.05) is 13.1 Å². The van der Waals surface area contributed by atoms with Crippen LogP contribution >= 0.6 is 12.6 Å². The van der Waals surface area contributed by atoms with Crippen molar-refractivity contribution in [2.75, 3.05) is 30.0 Å². The Morgan fingerprint density at radius 1 is 1.00 bits per heavy atom. The summed E-state index contributed by atoms with van der Waals surface area (Å²) in [6.45, 7) is 2.05. The molecule has 3 heteroatoms. The Balaban J connectivity index is 0.000000336. The molecule has 0 unspecified atom stereocenters. The molecule has 0 fully saturated rings. The van der Waals surface area contributed by atoms with Gasteiger partial charge in [-0.15, -0.1) is 0 Å². The molecule has 1 aliphatic rings. The number of fused-ring (bicyclic) bond motifs is 1. The molecular formula is C9H14N2S. The molecular weight excluding hydrogens is 168 g/mol. The average molecular weight is 182 g/mol. The first-order chi connectivity index (χ1) is 5.97. The summed E-state index contributed by atoms with van der Waals surface area (Å²) < 4.78 is 0. The van der Waals surface area contributed by atoms with Crippen LogP contribution < -0.4 is 10.6 Å². The zero-order valence-electron chi connectivity index (χ0n) is 7.17. The lowest BCUT2D eigenvalue weighted by molar-refractivity contribution is 1.05. The largest absolute Gasteiger partial charge is 0.382 e. The molecule has 0 aromatic heterocycles. The lowest BCUT2D eigenvalue weighted by Gasteiger charge is -2.18. The molecule has 0 atom stereocenters. The number of para-hydroxylation sites is 2. The summed E-state index contributed by atoms with van der Waals surface area (Å²) >= 11 is 3.53. The number of rotatable bonds is 0. The molecule has 0 radical (unpaired) electrons. The van der Waals surface area contributed by atoms with E-state index in [-0.39, 0.29) is 0 Å². The summed E-state index contributed by atoms with van der Waals surface area (Å²) in [6, 6.07) is 8.25. The maximum atomic E-state index is 3.53. The zero-order chi connectivity index (χ0) is 8.81. The minimum absolute atomic E-state index is 1.02. The summed E-state index contributed by atoms with van der Waals surface area (Å²) in [7, 11) is 0. The van der Waals surface area contributed by atoms with Gasteiger partial charge in [-0.1, -0.05) is 12.1 Å². The van der Waals surface area contributed by atoms with E-state index in [4.69, 9.17) is 0 Å². The molecule has 2 N–H and O–H groups in total. The van der Waals surface area contributed by atoms with E-state index in [0.717, 1.165) is 13.1 Å². The van der Waals surface area contributed by atoms with Gasteiger partial charge in [0.2, 0.25) is 0 Å². The van der Waals surface area contributed by atoms with Crippen LogP contribution in [0, 0.1) is 0 Å². The zero-order valence-corrected chi connectivity index (χ0v) is 8.07. The van der Waals surface area contributed by atoms with Crippen LogP contribution in [0.3, 0.4) is 0 Å². The Labute approximate surface area is 78.8 Å². The fourth-order valence-electron chi connectivity index (χ4n) is 1.19. The molecule has 0 bridgehead atoms. The third-order valence-electron chi connectivity index (χ3n) is 1.68. The van der Waals surface area contributed by atoms with Crippen LogP contribution in [0.2, 0.25) is 0 Å². The highest BCUT2D eigenvalue weighted by Gasteiger charge is 2.03. The third kappa shape index (κ3) is 2.08. The fourth-order valence-corrected chi connectivity index (χ4v) is 1.19. The first-order valence-corrected chi connectivity index (χ1v) is 4.88. The Bertz CT molecular complexity index is 213. The molecule has 0 aliphatic carbocycles. The number of thiol groups is 1. The minimum atomic E-state index is 1.02. The second-order valence-corrected chi connectivity index (χ2v) is 2.40. The van der Waals surface area contributed by atoms with Crippen LogP contribution in [-0.4, -0.2) is 19.3 Å². The number of nitrogens with one attached hydrogen (secondary N) is 2. The maximum absolute atomic E-state index is 3.53. The van der Waals surface area contributed by atoms with Gasteiger partial charge in [0.05, 0.1) is 11.4 Å². The second kappa shape index (κ2) is 4.93. The number of hydrogen-bond donors (Lipinski definition) is 3. The van der Waals surface area contributed by atoms with Crippen molar-refractivity contribution in [3.05, 3.63) is 24.3 Å². The molecule has 1 heterocycles. The van der Waals surface area contributed by atoms with Gasteiger partial charge in [-0.25, -0.2) is 0 Å². The summed E-state index contributed by atoms with van der Waals surface area (Å²) in [4.78, 5) is 0. The molecule has 1 aromatic carbocycles. The number of hydrogen-bond acceptors (Lipinski definition) is 3. The minimum Gasteiger partial charge on any atom is -0.382 e. The van der Waals surface area contributed by atoms with Crippen molar-refractivity contribution in [3.8, 4) is 0 Å². The monoisotopic (exact) mass is 182 g/mol. The van der Waals surface area contributed by atoms with E-state index in [1.807, 2.05) is 12.1 Å². The third-order valence-corrected chi connectivity index (χ3v) is 1.68. The van der Waals surface area contributed by atoms with Crippen LogP contribution in [0.1, 0.15) is 0 Å². The SMILES string of the molecule is CS.c1ccc2c(c1)NCCN2.